The van der Waals surface area contributed by atoms with Gasteiger partial charge in [0.2, 0.25) is 0 Å². The predicted octanol–water partition coefficient (Wildman–Crippen LogP) is 0.904. The Balaban J connectivity index is 2.53. The minimum Gasteiger partial charge on any atom is -0.452 e. The van der Waals surface area contributed by atoms with Crippen molar-refractivity contribution in [3.8, 4) is 0 Å². The summed E-state index contributed by atoms with van der Waals surface area (Å²) in [6.45, 7) is 2.17. The van der Waals surface area contributed by atoms with Gasteiger partial charge in [-0.2, -0.15) is 0 Å². The molecule has 0 spiro atoms. The summed E-state index contributed by atoms with van der Waals surface area (Å²) in [7, 11) is 1.65. The zero-order valence-electron chi connectivity index (χ0n) is 9.97. The van der Waals surface area contributed by atoms with Crippen LogP contribution in [-0.2, 0) is 9.53 Å². The van der Waals surface area contributed by atoms with Gasteiger partial charge in [-0.25, -0.2) is 4.79 Å². The lowest BCUT2D eigenvalue weighted by molar-refractivity contribution is -0.133. The van der Waals surface area contributed by atoms with Gasteiger partial charge in [0, 0.05) is 19.3 Å². The third-order valence-corrected chi connectivity index (χ3v) is 2.35. The van der Waals surface area contributed by atoms with Gasteiger partial charge in [-0.15, -0.1) is 0 Å². The van der Waals surface area contributed by atoms with Crippen molar-refractivity contribution in [3.05, 3.63) is 29.8 Å². The summed E-state index contributed by atoms with van der Waals surface area (Å²) in [5.41, 5.74) is 6.37. The number of esters is 1. The van der Waals surface area contributed by atoms with Crippen LogP contribution in [-0.4, -0.2) is 37.0 Å². The Morgan fingerprint density at radius 1 is 1.41 bits per heavy atom. The third-order valence-electron chi connectivity index (χ3n) is 2.35. The highest BCUT2D eigenvalue weighted by molar-refractivity contribution is 5.92. The van der Waals surface area contributed by atoms with Gasteiger partial charge in [-0.1, -0.05) is 6.07 Å². The Labute approximate surface area is 100 Å². The number of hydrogen-bond donors (Lipinski definition) is 1. The molecule has 0 radical (unpaired) electrons. The largest absolute Gasteiger partial charge is 0.452 e. The van der Waals surface area contributed by atoms with Crippen LogP contribution in [0, 0.1) is 0 Å². The zero-order chi connectivity index (χ0) is 12.8. The molecule has 17 heavy (non-hydrogen) atoms. The Kier molecular flexibility index (Phi) is 4.51. The maximum Gasteiger partial charge on any atom is 0.338 e. The Hall–Kier alpha value is -2.04. The van der Waals surface area contributed by atoms with Crippen molar-refractivity contribution in [2.45, 2.75) is 6.92 Å². The molecule has 0 heterocycles. The van der Waals surface area contributed by atoms with Gasteiger partial charge in [0.25, 0.3) is 5.91 Å². The summed E-state index contributed by atoms with van der Waals surface area (Å²) in [4.78, 5) is 24.4. The summed E-state index contributed by atoms with van der Waals surface area (Å²) < 4.78 is 4.88. The Bertz CT molecular complexity index is 418. The van der Waals surface area contributed by atoms with Crippen molar-refractivity contribution < 1.29 is 14.3 Å². The summed E-state index contributed by atoms with van der Waals surface area (Å²) in [6.07, 6.45) is 0. The van der Waals surface area contributed by atoms with E-state index in [4.69, 9.17) is 10.5 Å². The van der Waals surface area contributed by atoms with E-state index in [0.717, 1.165) is 0 Å². The van der Waals surface area contributed by atoms with E-state index < -0.39 is 5.97 Å². The predicted molar refractivity (Wildman–Crippen MR) is 64.4 cm³/mol. The molecular weight excluding hydrogens is 220 g/mol. The van der Waals surface area contributed by atoms with E-state index in [0.29, 0.717) is 17.8 Å². The van der Waals surface area contributed by atoms with Crippen LogP contribution in [0.5, 0.6) is 0 Å². The lowest BCUT2D eigenvalue weighted by Gasteiger charge is -2.14. The summed E-state index contributed by atoms with van der Waals surface area (Å²) in [5.74, 6) is -0.778. The van der Waals surface area contributed by atoms with Crippen LogP contribution in [0.1, 0.15) is 17.3 Å². The maximum atomic E-state index is 11.6. The monoisotopic (exact) mass is 236 g/mol. The number of carbonyl (C=O) groups excluding carboxylic acids is 2. The van der Waals surface area contributed by atoms with Crippen molar-refractivity contribution in [2.75, 3.05) is 25.9 Å². The zero-order valence-corrected chi connectivity index (χ0v) is 9.97. The summed E-state index contributed by atoms with van der Waals surface area (Å²) in [5, 5.41) is 0. The number of hydrogen-bond acceptors (Lipinski definition) is 4. The summed E-state index contributed by atoms with van der Waals surface area (Å²) >= 11 is 0. The van der Waals surface area contributed by atoms with Gasteiger partial charge in [0.05, 0.1) is 5.56 Å². The Morgan fingerprint density at radius 3 is 2.71 bits per heavy atom. The van der Waals surface area contributed by atoms with E-state index >= 15 is 0 Å². The lowest BCUT2D eigenvalue weighted by Crippen LogP contribution is -2.30. The first kappa shape index (κ1) is 13.0. The normalized spacial score (nSPS) is 9.76. The fourth-order valence-electron chi connectivity index (χ4n) is 1.16. The molecule has 0 aliphatic rings. The second kappa shape index (κ2) is 5.89. The van der Waals surface area contributed by atoms with Crippen molar-refractivity contribution in [1.29, 1.82) is 0 Å². The van der Waals surface area contributed by atoms with E-state index in [1.807, 2.05) is 6.92 Å². The first-order valence-electron chi connectivity index (χ1n) is 5.31. The fraction of sp³-hybridized carbons (Fsp3) is 0.333. The highest BCUT2D eigenvalue weighted by atomic mass is 16.5. The average Bonchev–Trinajstić information content (AvgIpc) is 2.34. The number of nitrogens with zero attached hydrogens (tertiary/aromatic N) is 1. The highest BCUT2D eigenvalue weighted by Crippen LogP contribution is 2.07. The van der Waals surface area contributed by atoms with Crippen LogP contribution in [0.15, 0.2) is 24.3 Å². The topological polar surface area (TPSA) is 72.6 Å². The number of carbonyl (C=O) groups is 2. The minimum atomic E-state index is -0.546. The number of nitrogens with two attached hydrogens (primary N) is 1. The molecule has 1 aromatic rings. The number of benzene rings is 1. The molecule has 0 aliphatic carbocycles. The number of anilines is 1. The molecule has 1 aromatic carbocycles. The van der Waals surface area contributed by atoms with Crippen molar-refractivity contribution in [3.63, 3.8) is 0 Å². The molecule has 5 nitrogen and oxygen atoms in total. The third kappa shape index (κ3) is 3.79. The first-order chi connectivity index (χ1) is 8.04. The first-order valence-corrected chi connectivity index (χ1v) is 5.31. The van der Waals surface area contributed by atoms with E-state index in [1.165, 1.54) is 11.0 Å². The molecule has 0 saturated carbocycles. The van der Waals surface area contributed by atoms with E-state index in [2.05, 4.69) is 0 Å². The smallest absolute Gasteiger partial charge is 0.338 e. The van der Waals surface area contributed by atoms with Crippen molar-refractivity contribution in [1.82, 2.24) is 4.90 Å². The molecule has 0 bridgehead atoms. The standard InChI is InChI=1S/C12H16N2O3/c1-3-14(2)11(15)8-17-12(16)9-5-4-6-10(13)7-9/h4-7H,3,8,13H2,1-2H3. The van der Waals surface area contributed by atoms with Gasteiger partial charge >= 0.3 is 5.97 Å². The summed E-state index contributed by atoms with van der Waals surface area (Å²) in [6, 6.07) is 6.43. The van der Waals surface area contributed by atoms with Gasteiger partial charge in [-0.3, -0.25) is 4.79 Å². The molecule has 1 amide bonds. The molecule has 0 unspecified atom stereocenters. The van der Waals surface area contributed by atoms with E-state index in [1.54, 1.807) is 25.2 Å². The Morgan fingerprint density at radius 2 is 2.12 bits per heavy atom. The molecule has 92 valence electrons. The number of ether oxygens (including phenoxy) is 1. The van der Waals surface area contributed by atoms with Gasteiger partial charge < -0.3 is 15.4 Å². The van der Waals surface area contributed by atoms with Gasteiger partial charge in [0.15, 0.2) is 6.61 Å². The second-order valence-electron chi connectivity index (χ2n) is 3.61. The second-order valence-corrected chi connectivity index (χ2v) is 3.61. The number of amides is 1. The quantitative estimate of drug-likeness (QED) is 0.622. The van der Waals surface area contributed by atoms with E-state index in [-0.39, 0.29) is 12.5 Å². The molecule has 0 atom stereocenters. The number of rotatable bonds is 4. The van der Waals surface area contributed by atoms with Crippen LogP contribution >= 0.6 is 0 Å². The molecule has 0 fully saturated rings. The maximum absolute atomic E-state index is 11.6. The lowest BCUT2D eigenvalue weighted by atomic mass is 10.2. The SMILES string of the molecule is CCN(C)C(=O)COC(=O)c1cccc(N)c1. The fourth-order valence-corrected chi connectivity index (χ4v) is 1.16. The van der Waals surface area contributed by atoms with Crippen LogP contribution in [0.2, 0.25) is 0 Å². The number of nitrogen functional groups attached to an aromatic ring is 1. The van der Waals surface area contributed by atoms with Crippen LogP contribution in [0.4, 0.5) is 5.69 Å². The number of likely N-dealkylation sites (N-methyl/N-ethyl adjacent to an activating group) is 1. The molecule has 0 aromatic heterocycles. The molecule has 0 saturated heterocycles. The molecular formula is C12H16N2O3. The van der Waals surface area contributed by atoms with E-state index in [9.17, 15) is 9.59 Å². The molecule has 5 heteroatoms. The van der Waals surface area contributed by atoms with Gasteiger partial charge in [-0.05, 0) is 25.1 Å². The molecule has 1 rings (SSSR count). The molecule has 0 aliphatic heterocycles. The van der Waals surface area contributed by atoms with Crippen LogP contribution in [0.3, 0.4) is 0 Å². The van der Waals surface area contributed by atoms with Crippen LogP contribution in [0.25, 0.3) is 0 Å². The van der Waals surface area contributed by atoms with Gasteiger partial charge in [0.1, 0.15) is 0 Å². The van der Waals surface area contributed by atoms with Crippen molar-refractivity contribution >= 4 is 17.6 Å². The van der Waals surface area contributed by atoms with Crippen molar-refractivity contribution in [2.24, 2.45) is 0 Å². The molecule has 2 N–H and O–H groups in total. The minimum absolute atomic E-state index is 0.232. The average molecular weight is 236 g/mol. The van der Waals surface area contributed by atoms with Crippen LogP contribution < -0.4 is 5.73 Å². The highest BCUT2D eigenvalue weighted by Gasteiger charge is 2.12.